The molecule has 3 aliphatic rings. The zero-order valence-corrected chi connectivity index (χ0v) is 19.0. The standard InChI is InChI=1S/C22H20ClF2NO6S/c1-10-13-4-15(21(28)29)20(27)26(12-2-3-12)19(13)14-5-16(23)17(6-18(14)33(10,30)31)32-9-11-7-22(24,25)8-11/h4-6,10-12H,2-3,7-9H2,1H3,(H,28,29). The second-order valence-electron chi connectivity index (χ2n) is 8.98. The molecule has 2 aromatic rings. The molecule has 0 amide bonds. The number of ether oxygens (including phenoxy) is 1. The number of nitrogens with zero attached hydrogens (tertiary/aromatic N) is 1. The predicted octanol–water partition coefficient (Wildman–Crippen LogP) is 4.47. The zero-order valence-electron chi connectivity index (χ0n) is 17.5. The minimum atomic E-state index is -3.97. The van der Waals surface area contributed by atoms with E-state index in [1.807, 2.05) is 0 Å². The van der Waals surface area contributed by atoms with E-state index in [2.05, 4.69) is 0 Å². The smallest absolute Gasteiger partial charge is 0.341 e. The number of carboxylic acids is 1. The third kappa shape index (κ3) is 3.54. The Hall–Kier alpha value is -2.46. The Kier molecular flexibility index (Phi) is 4.92. The Morgan fingerprint density at radius 1 is 1.27 bits per heavy atom. The second-order valence-corrected chi connectivity index (χ2v) is 11.6. The number of hydrogen-bond acceptors (Lipinski definition) is 5. The van der Waals surface area contributed by atoms with Gasteiger partial charge in [-0.25, -0.2) is 22.0 Å². The summed E-state index contributed by atoms with van der Waals surface area (Å²) in [5.74, 6) is -4.40. The van der Waals surface area contributed by atoms with Crippen molar-refractivity contribution in [1.82, 2.24) is 4.57 Å². The fraction of sp³-hybridized carbons (Fsp3) is 0.455. The largest absolute Gasteiger partial charge is 0.492 e. The van der Waals surface area contributed by atoms with E-state index in [4.69, 9.17) is 16.3 Å². The maximum absolute atomic E-state index is 13.4. The third-order valence-corrected chi connectivity index (χ3v) is 8.99. The number of sulfone groups is 1. The summed E-state index contributed by atoms with van der Waals surface area (Å²) in [4.78, 5) is 24.6. The Labute approximate surface area is 192 Å². The van der Waals surface area contributed by atoms with E-state index in [0.29, 0.717) is 18.5 Å². The van der Waals surface area contributed by atoms with E-state index >= 15 is 0 Å². The number of benzene rings is 1. The van der Waals surface area contributed by atoms with Crippen molar-refractivity contribution >= 4 is 27.4 Å². The van der Waals surface area contributed by atoms with Gasteiger partial charge in [-0.3, -0.25) is 4.79 Å². The van der Waals surface area contributed by atoms with Gasteiger partial charge in [-0.2, -0.15) is 0 Å². The molecule has 176 valence electrons. The molecule has 0 bridgehead atoms. The first-order chi connectivity index (χ1) is 15.4. The molecule has 1 aliphatic heterocycles. The number of rotatable bonds is 5. The molecule has 0 spiro atoms. The van der Waals surface area contributed by atoms with Crippen LogP contribution in [0.25, 0.3) is 11.3 Å². The van der Waals surface area contributed by atoms with Crippen molar-refractivity contribution in [2.24, 2.45) is 5.92 Å². The van der Waals surface area contributed by atoms with Gasteiger partial charge in [0, 0.05) is 36.4 Å². The highest BCUT2D eigenvalue weighted by molar-refractivity contribution is 7.92. The van der Waals surface area contributed by atoms with Crippen molar-refractivity contribution in [3.05, 3.63) is 44.7 Å². The first-order valence-electron chi connectivity index (χ1n) is 10.5. The van der Waals surface area contributed by atoms with Crippen molar-refractivity contribution in [1.29, 1.82) is 0 Å². The van der Waals surface area contributed by atoms with Gasteiger partial charge in [-0.15, -0.1) is 0 Å². The van der Waals surface area contributed by atoms with E-state index < -0.39 is 38.1 Å². The van der Waals surface area contributed by atoms with Gasteiger partial charge in [0.25, 0.3) is 5.56 Å². The molecule has 11 heteroatoms. The molecule has 2 fully saturated rings. The summed E-state index contributed by atoms with van der Waals surface area (Å²) in [6.45, 7) is 1.42. The monoisotopic (exact) mass is 499 g/mol. The fourth-order valence-corrected chi connectivity index (χ4v) is 6.47. The molecule has 1 aromatic heterocycles. The zero-order chi connectivity index (χ0) is 23.9. The van der Waals surface area contributed by atoms with E-state index in [1.165, 1.54) is 23.6 Å². The van der Waals surface area contributed by atoms with Crippen LogP contribution in [-0.2, 0) is 9.84 Å². The van der Waals surface area contributed by atoms with Gasteiger partial charge >= 0.3 is 5.97 Å². The molecule has 1 N–H and O–H groups in total. The minimum Gasteiger partial charge on any atom is -0.492 e. The van der Waals surface area contributed by atoms with Crippen molar-refractivity contribution in [2.75, 3.05) is 6.61 Å². The number of aromatic carboxylic acids is 1. The highest BCUT2D eigenvalue weighted by Gasteiger charge is 2.46. The van der Waals surface area contributed by atoms with Crippen LogP contribution < -0.4 is 10.3 Å². The first-order valence-corrected chi connectivity index (χ1v) is 12.4. The van der Waals surface area contributed by atoms with Crippen molar-refractivity contribution in [3.8, 4) is 17.0 Å². The number of pyridine rings is 1. The highest BCUT2D eigenvalue weighted by atomic mass is 35.5. The van der Waals surface area contributed by atoms with E-state index in [9.17, 15) is 31.9 Å². The lowest BCUT2D eigenvalue weighted by atomic mass is 9.82. The predicted molar refractivity (Wildman–Crippen MR) is 115 cm³/mol. The number of fused-ring (bicyclic) bond motifs is 3. The Bertz CT molecular complexity index is 1360. The molecule has 0 radical (unpaired) electrons. The molecule has 2 heterocycles. The van der Waals surface area contributed by atoms with Crippen LogP contribution in [0.4, 0.5) is 8.78 Å². The highest BCUT2D eigenvalue weighted by Crippen LogP contribution is 2.50. The molecule has 1 atom stereocenters. The summed E-state index contributed by atoms with van der Waals surface area (Å²) in [5, 5.41) is 8.47. The van der Waals surface area contributed by atoms with Gasteiger partial charge in [-0.05, 0) is 37.5 Å². The number of aromatic nitrogens is 1. The van der Waals surface area contributed by atoms with E-state index in [0.717, 1.165) is 6.07 Å². The van der Waals surface area contributed by atoms with E-state index in [-0.39, 0.29) is 58.2 Å². The van der Waals surface area contributed by atoms with Crippen LogP contribution in [0.1, 0.15) is 59.8 Å². The van der Waals surface area contributed by atoms with Crippen LogP contribution in [0, 0.1) is 5.92 Å². The van der Waals surface area contributed by atoms with Crippen LogP contribution in [0.2, 0.25) is 5.02 Å². The number of alkyl halides is 2. The molecule has 1 unspecified atom stereocenters. The van der Waals surface area contributed by atoms with Crippen LogP contribution in [0.5, 0.6) is 5.75 Å². The number of hydrogen-bond donors (Lipinski definition) is 1. The lowest BCUT2D eigenvalue weighted by molar-refractivity contribution is -0.119. The molecule has 2 saturated carbocycles. The normalized spacial score (nSPS) is 22.7. The maximum Gasteiger partial charge on any atom is 0.341 e. The lowest BCUT2D eigenvalue weighted by Crippen LogP contribution is -2.38. The topological polar surface area (TPSA) is 103 Å². The maximum atomic E-state index is 13.4. The number of carboxylic acid groups (broad SMARTS) is 1. The molecular formula is C22H20ClF2NO6S. The lowest BCUT2D eigenvalue weighted by Gasteiger charge is -2.34. The Morgan fingerprint density at radius 2 is 1.94 bits per heavy atom. The molecule has 2 aliphatic carbocycles. The second kappa shape index (κ2) is 7.27. The quantitative estimate of drug-likeness (QED) is 0.651. The van der Waals surface area contributed by atoms with Gasteiger partial charge in [0.15, 0.2) is 9.84 Å². The SMILES string of the molecule is CC1c2cc(C(=O)O)c(=O)n(C3CC3)c2-c2cc(Cl)c(OCC3CC(F)(F)C3)cc2S1(=O)=O. The molecule has 7 nitrogen and oxygen atoms in total. The van der Waals surface area contributed by atoms with Crippen molar-refractivity contribution < 1.29 is 31.8 Å². The summed E-state index contributed by atoms with van der Waals surface area (Å²) in [6, 6.07) is 3.58. The number of carbonyl (C=O) groups is 1. The first kappa shape index (κ1) is 22.3. The Balaban J connectivity index is 1.65. The summed E-state index contributed by atoms with van der Waals surface area (Å²) in [7, 11) is -3.97. The molecular weight excluding hydrogens is 480 g/mol. The minimum absolute atomic E-state index is 0.0188. The fourth-order valence-electron chi connectivity index (χ4n) is 4.62. The van der Waals surface area contributed by atoms with Gasteiger partial charge in [0.1, 0.15) is 11.3 Å². The molecule has 1 aromatic carbocycles. The average Bonchev–Trinajstić information content (AvgIpc) is 3.53. The average molecular weight is 500 g/mol. The number of halogens is 3. The van der Waals surface area contributed by atoms with Gasteiger partial charge in [0.2, 0.25) is 5.92 Å². The van der Waals surface area contributed by atoms with Crippen LogP contribution in [0.3, 0.4) is 0 Å². The molecule has 0 saturated heterocycles. The summed E-state index contributed by atoms with van der Waals surface area (Å²) >= 11 is 6.38. The summed E-state index contributed by atoms with van der Waals surface area (Å²) < 4.78 is 59.9. The Morgan fingerprint density at radius 3 is 2.52 bits per heavy atom. The van der Waals surface area contributed by atoms with Gasteiger partial charge in [0.05, 0.1) is 27.5 Å². The summed E-state index contributed by atoms with van der Waals surface area (Å²) in [6.07, 6.45) is 0.759. The van der Waals surface area contributed by atoms with Crippen molar-refractivity contribution in [2.45, 2.75) is 54.7 Å². The van der Waals surface area contributed by atoms with Crippen LogP contribution >= 0.6 is 11.6 Å². The van der Waals surface area contributed by atoms with Gasteiger partial charge < -0.3 is 14.4 Å². The van der Waals surface area contributed by atoms with Crippen molar-refractivity contribution in [3.63, 3.8) is 0 Å². The molecule has 5 rings (SSSR count). The third-order valence-electron chi connectivity index (χ3n) is 6.55. The summed E-state index contributed by atoms with van der Waals surface area (Å²) in [5.41, 5.74) is -0.389. The van der Waals surface area contributed by atoms with Crippen LogP contribution in [0.15, 0.2) is 27.9 Å². The van der Waals surface area contributed by atoms with Crippen LogP contribution in [-0.4, -0.2) is 36.6 Å². The molecule has 33 heavy (non-hydrogen) atoms. The van der Waals surface area contributed by atoms with E-state index in [1.54, 1.807) is 0 Å². The van der Waals surface area contributed by atoms with Gasteiger partial charge in [-0.1, -0.05) is 11.6 Å².